The van der Waals surface area contributed by atoms with Crippen LogP contribution in [0.15, 0.2) is 18.2 Å². The highest BCUT2D eigenvalue weighted by Gasteiger charge is 2.01. The van der Waals surface area contributed by atoms with Crippen molar-refractivity contribution in [3.8, 4) is 11.5 Å². The quantitative estimate of drug-likeness (QED) is 0.708. The fourth-order valence-electron chi connectivity index (χ4n) is 1.07. The molecule has 3 heteroatoms. The molecule has 0 fully saturated rings. The normalized spacial score (nSPS) is 9.83. The van der Waals surface area contributed by atoms with Gasteiger partial charge in [-0.25, -0.2) is 0 Å². The maximum absolute atomic E-state index is 9.14. The summed E-state index contributed by atoms with van der Waals surface area (Å²) in [7, 11) is 3.46. The lowest BCUT2D eigenvalue weighted by Gasteiger charge is -2.07. The second-order valence-electron chi connectivity index (χ2n) is 2.53. The molecule has 2 N–H and O–H groups in total. The van der Waals surface area contributed by atoms with Gasteiger partial charge in [0, 0.05) is 18.2 Å². The summed E-state index contributed by atoms with van der Waals surface area (Å²) in [5.74, 6) is 0.941. The Morgan fingerprint density at radius 2 is 2.25 bits per heavy atom. The number of phenols is 1. The zero-order valence-corrected chi connectivity index (χ0v) is 7.29. The van der Waals surface area contributed by atoms with Crippen molar-refractivity contribution in [2.75, 3.05) is 14.2 Å². The summed E-state index contributed by atoms with van der Waals surface area (Å²) in [5, 5.41) is 12.2. The van der Waals surface area contributed by atoms with E-state index in [1.807, 2.05) is 13.1 Å². The van der Waals surface area contributed by atoms with Crippen LogP contribution in [0, 0.1) is 0 Å². The molecule has 1 aromatic rings. The van der Waals surface area contributed by atoms with E-state index in [2.05, 4.69) is 5.32 Å². The molecule has 0 heterocycles. The van der Waals surface area contributed by atoms with Crippen molar-refractivity contribution >= 4 is 0 Å². The second-order valence-corrected chi connectivity index (χ2v) is 2.53. The molecule has 0 aliphatic carbocycles. The van der Waals surface area contributed by atoms with E-state index in [1.54, 1.807) is 19.2 Å². The number of benzene rings is 1. The number of hydrogen-bond acceptors (Lipinski definition) is 3. The largest absolute Gasteiger partial charge is 0.508 e. The summed E-state index contributed by atoms with van der Waals surface area (Å²) < 4.78 is 5.08. The van der Waals surface area contributed by atoms with Crippen LogP contribution in [-0.4, -0.2) is 19.3 Å². The maximum Gasteiger partial charge on any atom is 0.127 e. The number of rotatable bonds is 3. The Morgan fingerprint density at radius 3 is 2.83 bits per heavy atom. The van der Waals surface area contributed by atoms with Crippen molar-refractivity contribution in [2.45, 2.75) is 6.54 Å². The van der Waals surface area contributed by atoms with Gasteiger partial charge in [0.25, 0.3) is 0 Å². The van der Waals surface area contributed by atoms with Crippen molar-refractivity contribution in [3.63, 3.8) is 0 Å². The number of ether oxygens (including phenoxy) is 1. The molecule has 0 atom stereocenters. The molecular weight excluding hydrogens is 154 g/mol. The molecule has 0 radical (unpaired) electrons. The average Bonchev–Trinajstić information content (AvgIpc) is 2.08. The Morgan fingerprint density at radius 1 is 1.50 bits per heavy atom. The topological polar surface area (TPSA) is 41.5 Å². The molecular formula is C9H13NO2. The Labute approximate surface area is 72.0 Å². The van der Waals surface area contributed by atoms with E-state index in [0.29, 0.717) is 5.75 Å². The molecule has 1 rings (SSSR count). The minimum Gasteiger partial charge on any atom is -0.508 e. The molecule has 0 amide bonds. The molecule has 66 valence electrons. The molecule has 0 saturated heterocycles. The molecule has 0 spiro atoms. The summed E-state index contributed by atoms with van der Waals surface area (Å²) in [6.45, 7) is 0.740. The van der Waals surface area contributed by atoms with Crippen LogP contribution in [0.5, 0.6) is 11.5 Å². The van der Waals surface area contributed by atoms with Gasteiger partial charge in [-0.3, -0.25) is 0 Å². The fourth-order valence-corrected chi connectivity index (χ4v) is 1.07. The van der Waals surface area contributed by atoms with Gasteiger partial charge >= 0.3 is 0 Å². The SMILES string of the molecule is CNCc1ccc(O)cc1OC. The van der Waals surface area contributed by atoms with Crippen LogP contribution < -0.4 is 10.1 Å². The highest BCUT2D eigenvalue weighted by atomic mass is 16.5. The van der Waals surface area contributed by atoms with Crippen molar-refractivity contribution in [1.29, 1.82) is 0 Å². The third-order valence-electron chi connectivity index (χ3n) is 1.64. The van der Waals surface area contributed by atoms with E-state index < -0.39 is 0 Å². The van der Waals surface area contributed by atoms with Crippen LogP contribution in [0.3, 0.4) is 0 Å². The molecule has 0 aromatic heterocycles. The minimum absolute atomic E-state index is 0.228. The first kappa shape index (κ1) is 8.87. The molecule has 0 bridgehead atoms. The van der Waals surface area contributed by atoms with Crippen LogP contribution in [0.1, 0.15) is 5.56 Å². The second kappa shape index (κ2) is 3.97. The number of hydrogen-bond donors (Lipinski definition) is 2. The first-order chi connectivity index (χ1) is 5.77. The Balaban J connectivity index is 2.94. The maximum atomic E-state index is 9.14. The van der Waals surface area contributed by atoms with Crippen LogP contribution in [0.4, 0.5) is 0 Å². The van der Waals surface area contributed by atoms with E-state index in [-0.39, 0.29) is 5.75 Å². The molecule has 3 nitrogen and oxygen atoms in total. The predicted octanol–water partition coefficient (Wildman–Crippen LogP) is 1.12. The van der Waals surface area contributed by atoms with E-state index in [4.69, 9.17) is 9.84 Å². The summed E-state index contributed by atoms with van der Waals surface area (Å²) in [4.78, 5) is 0. The number of phenolic OH excluding ortho intramolecular Hbond substituents is 1. The first-order valence-corrected chi connectivity index (χ1v) is 3.78. The van der Waals surface area contributed by atoms with Gasteiger partial charge in [0.15, 0.2) is 0 Å². The molecule has 12 heavy (non-hydrogen) atoms. The lowest BCUT2D eigenvalue weighted by molar-refractivity contribution is 0.401. The Hall–Kier alpha value is -1.22. The third-order valence-corrected chi connectivity index (χ3v) is 1.64. The van der Waals surface area contributed by atoms with Gasteiger partial charge in [0.1, 0.15) is 11.5 Å². The van der Waals surface area contributed by atoms with Crippen molar-refractivity contribution < 1.29 is 9.84 Å². The van der Waals surface area contributed by atoms with E-state index in [9.17, 15) is 0 Å². The van der Waals surface area contributed by atoms with Crippen LogP contribution in [-0.2, 0) is 6.54 Å². The lowest BCUT2D eigenvalue weighted by Crippen LogP contribution is -2.06. The van der Waals surface area contributed by atoms with Crippen LogP contribution in [0.25, 0.3) is 0 Å². The summed E-state index contributed by atoms with van der Waals surface area (Å²) in [5.41, 5.74) is 1.04. The zero-order valence-electron chi connectivity index (χ0n) is 7.29. The number of nitrogens with one attached hydrogen (secondary N) is 1. The van der Waals surface area contributed by atoms with Crippen molar-refractivity contribution in [2.24, 2.45) is 0 Å². The van der Waals surface area contributed by atoms with Gasteiger partial charge in [-0.15, -0.1) is 0 Å². The number of methoxy groups -OCH3 is 1. The van der Waals surface area contributed by atoms with Gasteiger partial charge in [-0.2, -0.15) is 0 Å². The van der Waals surface area contributed by atoms with Gasteiger partial charge < -0.3 is 15.2 Å². The van der Waals surface area contributed by atoms with Gasteiger partial charge in [-0.1, -0.05) is 6.07 Å². The third kappa shape index (κ3) is 1.89. The van der Waals surface area contributed by atoms with Gasteiger partial charge in [0.2, 0.25) is 0 Å². The van der Waals surface area contributed by atoms with Crippen molar-refractivity contribution in [3.05, 3.63) is 23.8 Å². The smallest absolute Gasteiger partial charge is 0.127 e. The predicted molar refractivity (Wildman–Crippen MR) is 47.4 cm³/mol. The van der Waals surface area contributed by atoms with E-state index >= 15 is 0 Å². The molecule has 0 aliphatic rings. The summed E-state index contributed by atoms with van der Waals surface area (Å²) >= 11 is 0. The molecule has 0 unspecified atom stereocenters. The van der Waals surface area contributed by atoms with E-state index in [1.165, 1.54) is 0 Å². The summed E-state index contributed by atoms with van der Waals surface area (Å²) in [6.07, 6.45) is 0. The first-order valence-electron chi connectivity index (χ1n) is 3.78. The van der Waals surface area contributed by atoms with Gasteiger partial charge in [-0.05, 0) is 13.1 Å². The Bertz CT molecular complexity index is 261. The molecule has 1 aromatic carbocycles. The average molecular weight is 167 g/mol. The lowest BCUT2D eigenvalue weighted by atomic mass is 10.2. The Kier molecular flexibility index (Phi) is 2.94. The van der Waals surface area contributed by atoms with Crippen LogP contribution in [0.2, 0.25) is 0 Å². The molecule has 0 saturated carbocycles. The highest BCUT2D eigenvalue weighted by molar-refractivity contribution is 5.39. The summed E-state index contributed by atoms with van der Waals surface area (Å²) in [6, 6.07) is 5.09. The number of aromatic hydroxyl groups is 1. The zero-order chi connectivity index (χ0) is 8.97. The highest BCUT2D eigenvalue weighted by Crippen LogP contribution is 2.23. The van der Waals surface area contributed by atoms with Gasteiger partial charge in [0.05, 0.1) is 7.11 Å². The minimum atomic E-state index is 0.228. The monoisotopic (exact) mass is 167 g/mol. The molecule has 0 aliphatic heterocycles. The standard InChI is InChI=1S/C9H13NO2/c1-10-6-7-3-4-8(11)5-9(7)12-2/h3-5,10-11H,6H2,1-2H3. The van der Waals surface area contributed by atoms with Crippen LogP contribution >= 0.6 is 0 Å². The van der Waals surface area contributed by atoms with Crippen molar-refractivity contribution in [1.82, 2.24) is 5.32 Å². The fraction of sp³-hybridized carbons (Fsp3) is 0.333. The van der Waals surface area contributed by atoms with E-state index in [0.717, 1.165) is 12.1 Å².